The number of amides is 2. The summed E-state index contributed by atoms with van der Waals surface area (Å²) in [6.45, 7) is 2.85. The summed E-state index contributed by atoms with van der Waals surface area (Å²) in [5, 5.41) is 5.26. The predicted octanol–water partition coefficient (Wildman–Crippen LogP) is 3.34. The highest BCUT2D eigenvalue weighted by Crippen LogP contribution is 2.26. The zero-order chi connectivity index (χ0) is 24.2. The van der Waals surface area contributed by atoms with Gasteiger partial charge in [0.25, 0.3) is 11.1 Å². The number of hydrogen-bond acceptors (Lipinski definition) is 8. The number of hydrogen-bond donors (Lipinski definition) is 3. The molecule has 0 spiro atoms. The lowest BCUT2D eigenvalue weighted by molar-refractivity contribution is -0.115. The van der Waals surface area contributed by atoms with Crippen molar-refractivity contribution in [3.05, 3.63) is 64.8 Å². The van der Waals surface area contributed by atoms with Gasteiger partial charge in [-0.3, -0.25) is 19.9 Å². The van der Waals surface area contributed by atoms with Crippen molar-refractivity contribution in [3.8, 4) is 11.4 Å². The third kappa shape index (κ3) is 5.57. The summed E-state index contributed by atoms with van der Waals surface area (Å²) in [5.74, 6) is 0.359. The lowest BCUT2D eigenvalue weighted by Crippen LogP contribution is -2.38. The summed E-state index contributed by atoms with van der Waals surface area (Å²) in [4.78, 5) is 41.8. The molecular weight excluding hydrogens is 469 g/mol. The van der Waals surface area contributed by atoms with E-state index in [1.165, 1.54) is 6.20 Å². The first-order valence-corrected chi connectivity index (χ1v) is 12.2. The maximum atomic E-state index is 14.2. The van der Waals surface area contributed by atoms with Crippen molar-refractivity contribution in [2.75, 3.05) is 24.5 Å². The number of aromatic nitrogens is 4. The number of carbonyl (C=O) groups excluding carboxylic acids is 2. The van der Waals surface area contributed by atoms with Gasteiger partial charge >= 0.3 is 0 Å². The van der Waals surface area contributed by atoms with E-state index >= 15 is 0 Å². The second kappa shape index (κ2) is 10.4. The Bertz CT molecular complexity index is 1260. The fourth-order valence-corrected chi connectivity index (χ4v) is 4.82. The standard InChI is InChI=1S/C24H24FN7O2S/c25-18-14-29-20(19-2-1-6-27-19)10-16(18)13-26-12-15-4-8-32(9-5-15)23-28-7-3-17(30-23)11-21-22(33)31-24(34)35-21/h1-3,6-7,10-11,14-15,26-27H,4-5,8-9,12-13H2,(H,31,33,34)/b21-11+. The maximum Gasteiger partial charge on any atom is 0.290 e. The minimum Gasteiger partial charge on any atom is -0.360 e. The summed E-state index contributed by atoms with van der Waals surface area (Å²) in [6.07, 6.45) is 8.27. The van der Waals surface area contributed by atoms with E-state index in [9.17, 15) is 14.0 Å². The molecule has 0 atom stereocenters. The van der Waals surface area contributed by atoms with Crippen LogP contribution >= 0.6 is 11.8 Å². The Balaban J connectivity index is 1.13. The van der Waals surface area contributed by atoms with Gasteiger partial charge in [-0.05, 0) is 67.4 Å². The molecule has 2 aliphatic rings. The molecule has 2 amide bonds. The highest BCUT2D eigenvalue weighted by atomic mass is 32.2. The van der Waals surface area contributed by atoms with E-state index < -0.39 is 5.91 Å². The summed E-state index contributed by atoms with van der Waals surface area (Å²) in [5.41, 5.74) is 2.76. The van der Waals surface area contributed by atoms with Gasteiger partial charge in [0.1, 0.15) is 5.82 Å². The summed E-state index contributed by atoms with van der Waals surface area (Å²) in [7, 11) is 0. The second-order valence-corrected chi connectivity index (χ2v) is 9.45. The van der Waals surface area contributed by atoms with Gasteiger partial charge < -0.3 is 15.2 Å². The molecular formula is C24H24FN7O2S. The number of carbonyl (C=O) groups is 2. The smallest absolute Gasteiger partial charge is 0.290 e. The van der Waals surface area contributed by atoms with E-state index in [1.54, 1.807) is 24.4 Å². The number of imide groups is 1. The van der Waals surface area contributed by atoms with Gasteiger partial charge in [0.15, 0.2) is 0 Å². The van der Waals surface area contributed by atoms with Crippen LogP contribution in [-0.2, 0) is 11.3 Å². The number of nitrogens with one attached hydrogen (secondary N) is 3. The number of H-pyrrole nitrogens is 1. The number of halogens is 1. The molecule has 9 nitrogen and oxygen atoms in total. The Morgan fingerprint density at radius 2 is 2.09 bits per heavy atom. The number of anilines is 1. The Labute approximate surface area is 205 Å². The van der Waals surface area contributed by atoms with E-state index in [1.807, 2.05) is 18.3 Å². The number of pyridine rings is 1. The van der Waals surface area contributed by atoms with Crippen molar-refractivity contribution in [2.45, 2.75) is 19.4 Å². The van der Waals surface area contributed by atoms with Crippen LogP contribution in [-0.4, -0.2) is 50.7 Å². The summed E-state index contributed by atoms with van der Waals surface area (Å²) < 4.78 is 14.2. The fourth-order valence-electron chi connectivity index (χ4n) is 4.15. The molecule has 180 valence electrons. The molecule has 3 N–H and O–H groups in total. The first-order chi connectivity index (χ1) is 17.0. The van der Waals surface area contributed by atoms with E-state index in [-0.39, 0.29) is 11.1 Å². The van der Waals surface area contributed by atoms with Gasteiger partial charge in [0, 0.05) is 37.6 Å². The van der Waals surface area contributed by atoms with Gasteiger partial charge in [0.2, 0.25) is 5.95 Å². The number of rotatable bonds is 7. The topological polar surface area (TPSA) is 116 Å². The molecule has 2 fully saturated rings. The first kappa shape index (κ1) is 23.2. The fraction of sp³-hybridized carbons (Fsp3) is 0.292. The van der Waals surface area contributed by atoms with Crippen LogP contribution in [0.3, 0.4) is 0 Å². The average Bonchev–Trinajstić information content (AvgIpc) is 3.51. The SMILES string of the molecule is O=C1NC(=O)/C(=C\c2ccnc(N3CCC(CNCc4cc(-c5ccc[nH]5)ncc4F)CC3)n2)S1. The Hall–Kier alpha value is -3.57. The van der Waals surface area contributed by atoms with Gasteiger partial charge in [0.05, 0.1) is 28.2 Å². The van der Waals surface area contributed by atoms with Crippen LogP contribution in [0.15, 0.2) is 47.8 Å². The predicted molar refractivity (Wildman–Crippen MR) is 132 cm³/mol. The summed E-state index contributed by atoms with van der Waals surface area (Å²) >= 11 is 0.869. The zero-order valence-corrected chi connectivity index (χ0v) is 19.6. The minimum absolute atomic E-state index is 0.313. The quantitative estimate of drug-likeness (QED) is 0.429. The number of thioether (sulfide) groups is 1. The Morgan fingerprint density at radius 1 is 1.23 bits per heavy atom. The molecule has 2 aliphatic heterocycles. The monoisotopic (exact) mass is 493 g/mol. The van der Waals surface area contributed by atoms with Crippen LogP contribution in [0.1, 0.15) is 24.1 Å². The molecule has 0 radical (unpaired) electrons. The van der Waals surface area contributed by atoms with Gasteiger partial charge in [-0.15, -0.1) is 0 Å². The van der Waals surface area contributed by atoms with E-state index in [4.69, 9.17) is 0 Å². The van der Waals surface area contributed by atoms with Crippen molar-refractivity contribution in [1.82, 2.24) is 30.6 Å². The number of aromatic amines is 1. The molecule has 5 rings (SSSR count). The highest BCUT2D eigenvalue weighted by Gasteiger charge is 2.26. The highest BCUT2D eigenvalue weighted by molar-refractivity contribution is 8.18. The van der Waals surface area contributed by atoms with Crippen molar-refractivity contribution in [2.24, 2.45) is 5.92 Å². The molecule has 5 heterocycles. The minimum atomic E-state index is -0.402. The zero-order valence-electron chi connectivity index (χ0n) is 18.8. The third-order valence-corrected chi connectivity index (χ3v) is 6.85. The van der Waals surface area contributed by atoms with Crippen molar-refractivity contribution in [1.29, 1.82) is 0 Å². The largest absolute Gasteiger partial charge is 0.360 e. The average molecular weight is 494 g/mol. The van der Waals surface area contributed by atoms with Crippen LogP contribution in [0, 0.1) is 11.7 Å². The molecule has 2 saturated heterocycles. The molecule has 3 aromatic rings. The maximum absolute atomic E-state index is 14.2. The van der Waals surface area contributed by atoms with Gasteiger partial charge in [-0.1, -0.05) is 0 Å². The second-order valence-electron chi connectivity index (χ2n) is 8.44. The molecule has 3 aromatic heterocycles. The van der Waals surface area contributed by atoms with Crippen molar-refractivity contribution >= 4 is 34.9 Å². The lowest BCUT2D eigenvalue weighted by Gasteiger charge is -2.32. The molecule has 0 bridgehead atoms. The summed E-state index contributed by atoms with van der Waals surface area (Å²) in [6, 6.07) is 7.29. The first-order valence-electron chi connectivity index (χ1n) is 11.4. The van der Waals surface area contributed by atoms with Crippen molar-refractivity contribution in [3.63, 3.8) is 0 Å². The van der Waals surface area contributed by atoms with Crippen LogP contribution in [0.25, 0.3) is 17.5 Å². The van der Waals surface area contributed by atoms with E-state index in [0.717, 1.165) is 55.6 Å². The normalized spacial score (nSPS) is 17.9. The van der Waals surface area contributed by atoms with Crippen LogP contribution in [0.2, 0.25) is 0 Å². The van der Waals surface area contributed by atoms with Gasteiger partial charge in [-0.25, -0.2) is 14.4 Å². The van der Waals surface area contributed by atoms with Crippen LogP contribution < -0.4 is 15.5 Å². The van der Waals surface area contributed by atoms with Crippen LogP contribution in [0.4, 0.5) is 15.1 Å². The van der Waals surface area contributed by atoms with E-state index in [2.05, 4.69) is 35.5 Å². The molecule has 0 unspecified atom stereocenters. The molecule has 0 aliphatic carbocycles. The molecule has 0 aromatic carbocycles. The Kier molecular flexibility index (Phi) is 6.87. The van der Waals surface area contributed by atoms with E-state index in [0.29, 0.717) is 34.6 Å². The van der Waals surface area contributed by atoms with Crippen LogP contribution in [0.5, 0.6) is 0 Å². The lowest BCUT2D eigenvalue weighted by atomic mass is 9.97. The molecule has 0 saturated carbocycles. The molecule has 11 heteroatoms. The number of piperidine rings is 1. The Morgan fingerprint density at radius 3 is 2.83 bits per heavy atom. The third-order valence-electron chi connectivity index (χ3n) is 6.04. The van der Waals surface area contributed by atoms with Gasteiger partial charge in [-0.2, -0.15) is 0 Å². The molecule has 35 heavy (non-hydrogen) atoms. The van der Waals surface area contributed by atoms with Crippen molar-refractivity contribution < 1.29 is 14.0 Å². The number of nitrogens with zero attached hydrogens (tertiary/aromatic N) is 4.